The molecular weight excluding hydrogens is 396 g/mol. The third-order valence-corrected chi connectivity index (χ3v) is 6.54. The van der Waals surface area contributed by atoms with Gasteiger partial charge in [-0.25, -0.2) is 13.4 Å². The van der Waals surface area contributed by atoms with E-state index in [4.69, 9.17) is 0 Å². The van der Waals surface area contributed by atoms with Crippen molar-refractivity contribution in [2.24, 2.45) is 0 Å². The van der Waals surface area contributed by atoms with Crippen molar-refractivity contribution in [3.05, 3.63) is 53.7 Å². The van der Waals surface area contributed by atoms with Crippen LogP contribution >= 0.6 is 11.8 Å². The number of amides is 1. The van der Waals surface area contributed by atoms with E-state index in [2.05, 4.69) is 10.3 Å². The van der Waals surface area contributed by atoms with Crippen molar-refractivity contribution in [1.82, 2.24) is 10.3 Å². The monoisotopic (exact) mass is 413 g/mol. The number of sulfonamides is 1. The van der Waals surface area contributed by atoms with Gasteiger partial charge >= 0.3 is 0 Å². The number of fused-ring (bicyclic) bond motifs is 1. The highest BCUT2D eigenvalue weighted by Crippen LogP contribution is 2.30. The summed E-state index contributed by atoms with van der Waals surface area (Å²) in [5.74, 6) is -3.63. The summed E-state index contributed by atoms with van der Waals surface area (Å²) in [6.45, 7) is 0.237. The molecule has 0 aliphatic carbocycles. The first-order chi connectivity index (χ1) is 12.9. The van der Waals surface area contributed by atoms with Gasteiger partial charge in [-0.2, -0.15) is 8.78 Å². The lowest BCUT2D eigenvalue weighted by Gasteiger charge is -2.19. The van der Waals surface area contributed by atoms with Crippen LogP contribution in [-0.2, 0) is 16.4 Å². The number of hydrogen-bond donors (Lipinski definition) is 1. The number of benzene rings is 1. The van der Waals surface area contributed by atoms with E-state index in [9.17, 15) is 22.0 Å². The van der Waals surface area contributed by atoms with Crippen LogP contribution in [-0.4, -0.2) is 43.9 Å². The molecule has 1 N–H and O–H groups in total. The average molecular weight is 413 g/mol. The van der Waals surface area contributed by atoms with Crippen LogP contribution in [0.4, 0.5) is 14.5 Å². The fourth-order valence-corrected chi connectivity index (χ4v) is 4.84. The summed E-state index contributed by atoms with van der Waals surface area (Å²) in [7, 11) is -3.60. The second-order valence-electron chi connectivity index (χ2n) is 5.76. The largest absolute Gasteiger partial charge is 0.351 e. The number of pyridine rings is 1. The molecule has 0 saturated carbocycles. The van der Waals surface area contributed by atoms with Crippen LogP contribution in [0, 0.1) is 0 Å². The zero-order chi connectivity index (χ0) is 19.4. The molecule has 1 aromatic heterocycles. The number of alkyl halides is 2. The predicted molar refractivity (Wildman–Crippen MR) is 99.7 cm³/mol. The van der Waals surface area contributed by atoms with Crippen LogP contribution in [0.2, 0.25) is 0 Å². The van der Waals surface area contributed by atoms with Crippen molar-refractivity contribution in [2.45, 2.75) is 17.2 Å². The summed E-state index contributed by atoms with van der Waals surface area (Å²) < 4.78 is 51.7. The quantitative estimate of drug-likeness (QED) is 0.706. The Bertz CT molecular complexity index is 939. The van der Waals surface area contributed by atoms with E-state index in [1.54, 1.807) is 12.1 Å². The second-order valence-corrected chi connectivity index (χ2v) is 8.75. The lowest BCUT2D eigenvalue weighted by molar-refractivity contribution is 0.0952. The van der Waals surface area contributed by atoms with Gasteiger partial charge in [-0.05, 0) is 41.9 Å². The number of carbonyl (C=O) groups excluding carboxylic acids is 1. The molecule has 10 heteroatoms. The smallest absolute Gasteiger partial charge is 0.290 e. The molecule has 144 valence electrons. The van der Waals surface area contributed by atoms with Gasteiger partial charge in [0.15, 0.2) is 0 Å². The molecule has 2 aromatic rings. The number of nitrogens with zero attached hydrogens (tertiary/aromatic N) is 2. The topological polar surface area (TPSA) is 79.4 Å². The van der Waals surface area contributed by atoms with Crippen molar-refractivity contribution in [2.75, 3.05) is 23.1 Å². The van der Waals surface area contributed by atoms with E-state index in [1.807, 2.05) is 12.1 Å². The van der Waals surface area contributed by atoms with Crippen LogP contribution in [0.25, 0.3) is 0 Å². The highest BCUT2D eigenvalue weighted by atomic mass is 32.2. The Kier molecular flexibility index (Phi) is 5.95. The summed E-state index contributed by atoms with van der Waals surface area (Å²) in [6, 6.07) is 10.1. The van der Waals surface area contributed by atoms with E-state index in [-0.39, 0.29) is 34.6 Å². The zero-order valence-electron chi connectivity index (χ0n) is 14.1. The third-order valence-electron chi connectivity index (χ3n) is 4.04. The molecule has 0 unspecified atom stereocenters. The Balaban J connectivity index is 1.62. The normalized spacial score (nSPS) is 13.7. The molecule has 1 aliphatic rings. The Labute approximate surface area is 160 Å². The van der Waals surface area contributed by atoms with Gasteiger partial charge in [-0.3, -0.25) is 9.10 Å². The molecule has 0 saturated heterocycles. The molecule has 0 atom stereocenters. The molecule has 0 radical (unpaired) electrons. The first-order valence-corrected chi connectivity index (χ1v) is 10.6. The van der Waals surface area contributed by atoms with E-state index < -0.39 is 21.7 Å². The number of aromatic nitrogens is 1. The van der Waals surface area contributed by atoms with Crippen LogP contribution in [0.5, 0.6) is 0 Å². The second kappa shape index (κ2) is 8.22. The molecule has 6 nitrogen and oxygen atoms in total. The number of para-hydroxylation sites is 1. The maximum atomic E-state index is 12.6. The highest BCUT2D eigenvalue weighted by molar-refractivity contribution is 7.99. The van der Waals surface area contributed by atoms with Crippen molar-refractivity contribution in [3.8, 4) is 0 Å². The van der Waals surface area contributed by atoms with E-state index >= 15 is 0 Å². The van der Waals surface area contributed by atoms with E-state index in [0.29, 0.717) is 18.7 Å². The first-order valence-electron chi connectivity index (χ1n) is 8.15. The standard InChI is InChI=1S/C17H17F2N3O3S2/c18-17(19)26-16-13(5-3-8-21-16)15(23)20-9-11-27(24,25)22-10-7-12-4-1-2-6-14(12)22/h1-6,8,17H,7,9-11H2,(H,20,23). The summed E-state index contributed by atoms with van der Waals surface area (Å²) in [5.41, 5.74) is 1.62. The summed E-state index contributed by atoms with van der Waals surface area (Å²) in [6.07, 6.45) is 1.96. The number of carbonyl (C=O) groups is 1. The molecule has 1 aromatic carbocycles. The van der Waals surface area contributed by atoms with E-state index in [1.165, 1.54) is 22.6 Å². The maximum absolute atomic E-state index is 12.6. The highest BCUT2D eigenvalue weighted by Gasteiger charge is 2.29. The minimum absolute atomic E-state index is 0.00767. The van der Waals surface area contributed by atoms with Crippen LogP contribution in [0.15, 0.2) is 47.6 Å². The van der Waals surface area contributed by atoms with Gasteiger partial charge in [-0.1, -0.05) is 18.2 Å². The molecule has 0 spiro atoms. The number of rotatable bonds is 7. The Hall–Kier alpha value is -2.20. The maximum Gasteiger partial charge on any atom is 0.290 e. The van der Waals surface area contributed by atoms with Gasteiger partial charge < -0.3 is 5.32 Å². The van der Waals surface area contributed by atoms with Crippen molar-refractivity contribution >= 4 is 33.4 Å². The van der Waals surface area contributed by atoms with Gasteiger partial charge in [0, 0.05) is 19.3 Å². The lowest BCUT2D eigenvalue weighted by atomic mass is 10.2. The fraction of sp³-hybridized carbons (Fsp3) is 0.294. The van der Waals surface area contributed by atoms with Gasteiger partial charge in [-0.15, -0.1) is 0 Å². The van der Waals surface area contributed by atoms with Gasteiger partial charge in [0.25, 0.3) is 11.7 Å². The minimum atomic E-state index is -3.60. The van der Waals surface area contributed by atoms with Gasteiger partial charge in [0.2, 0.25) is 10.0 Å². The molecule has 1 amide bonds. The van der Waals surface area contributed by atoms with Crippen LogP contribution < -0.4 is 9.62 Å². The van der Waals surface area contributed by atoms with Crippen LogP contribution in [0.1, 0.15) is 15.9 Å². The third kappa shape index (κ3) is 4.56. The molecular formula is C17H17F2N3O3S2. The first kappa shape index (κ1) is 19.6. The molecule has 0 bridgehead atoms. The zero-order valence-corrected chi connectivity index (χ0v) is 15.8. The molecule has 3 rings (SSSR count). The fourth-order valence-electron chi connectivity index (χ4n) is 2.84. The predicted octanol–water partition coefficient (Wildman–Crippen LogP) is 2.52. The number of halogens is 2. The molecule has 27 heavy (non-hydrogen) atoms. The number of thioether (sulfide) groups is 1. The summed E-state index contributed by atoms with van der Waals surface area (Å²) in [5, 5.41) is 2.38. The molecule has 2 heterocycles. The van der Waals surface area contributed by atoms with Crippen molar-refractivity contribution in [1.29, 1.82) is 0 Å². The Morgan fingerprint density at radius 1 is 1.26 bits per heavy atom. The average Bonchev–Trinajstić information content (AvgIpc) is 3.06. The minimum Gasteiger partial charge on any atom is -0.351 e. The molecule has 1 aliphatic heterocycles. The number of nitrogens with one attached hydrogen (secondary N) is 1. The SMILES string of the molecule is O=C(NCCS(=O)(=O)N1CCc2ccccc21)c1cccnc1SC(F)F. The lowest BCUT2D eigenvalue weighted by Crippen LogP contribution is -2.37. The molecule has 0 fully saturated rings. The summed E-state index contributed by atoms with van der Waals surface area (Å²) >= 11 is 0.173. The van der Waals surface area contributed by atoms with Gasteiger partial charge in [0.05, 0.1) is 17.0 Å². The number of hydrogen-bond acceptors (Lipinski definition) is 5. The number of anilines is 1. The van der Waals surface area contributed by atoms with Crippen molar-refractivity contribution < 1.29 is 22.0 Å². The van der Waals surface area contributed by atoms with Crippen molar-refractivity contribution in [3.63, 3.8) is 0 Å². The van der Waals surface area contributed by atoms with E-state index in [0.717, 1.165) is 5.56 Å². The Morgan fingerprint density at radius 2 is 2.04 bits per heavy atom. The Morgan fingerprint density at radius 3 is 2.81 bits per heavy atom. The van der Waals surface area contributed by atoms with Crippen LogP contribution in [0.3, 0.4) is 0 Å². The summed E-state index contributed by atoms with van der Waals surface area (Å²) in [4.78, 5) is 16.0. The van der Waals surface area contributed by atoms with Gasteiger partial charge in [0.1, 0.15) is 5.03 Å².